The van der Waals surface area contributed by atoms with Crippen LogP contribution in [0, 0.1) is 0 Å². The minimum absolute atomic E-state index is 0.132. The Kier molecular flexibility index (Phi) is 4.59. The van der Waals surface area contributed by atoms with E-state index in [0.717, 1.165) is 0 Å². The van der Waals surface area contributed by atoms with Crippen LogP contribution in [0.15, 0.2) is 0 Å². The molecule has 0 aromatic heterocycles. The van der Waals surface area contributed by atoms with Gasteiger partial charge in [0.25, 0.3) is 0 Å². The molecule has 11 heavy (non-hydrogen) atoms. The van der Waals surface area contributed by atoms with E-state index >= 15 is 0 Å². The summed E-state index contributed by atoms with van der Waals surface area (Å²) in [6.07, 6.45) is 0. The topological polar surface area (TPSA) is 12.5 Å². The Labute approximate surface area is 78.0 Å². The third kappa shape index (κ3) is 5.65. The number of ether oxygens (including phenoxy) is 1. The highest BCUT2D eigenvalue weighted by molar-refractivity contribution is 9.09. The Bertz CT molecular complexity index is 109. The quantitative estimate of drug-likeness (QED) is 0.539. The van der Waals surface area contributed by atoms with E-state index < -0.39 is 0 Å². The van der Waals surface area contributed by atoms with Gasteiger partial charge in [0.15, 0.2) is 0 Å². The Morgan fingerprint density at radius 3 is 2.18 bits per heavy atom. The predicted octanol–water partition coefficient (Wildman–Crippen LogP) is 2.43. The molecule has 0 aromatic carbocycles. The van der Waals surface area contributed by atoms with Crippen molar-refractivity contribution >= 4 is 15.9 Å². The maximum atomic E-state index is 5.37. The van der Waals surface area contributed by atoms with E-state index in [1.54, 1.807) is 0 Å². The van der Waals surface area contributed by atoms with Crippen LogP contribution in [-0.4, -0.2) is 29.2 Å². The van der Waals surface area contributed by atoms with Gasteiger partial charge in [0.2, 0.25) is 0 Å². The first-order valence-electron chi connectivity index (χ1n) is 3.81. The number of alkyl halides is 1. The molecular formula is C8H18BrNO. The van der Waals surface area contributed by atoms with Gasteiger partial charge in [-0.05, 0) is 34.7 Å². The van der Waals surface area contributed by atoms with E-state index in [2.05, 4.69) is 48.6 Å². The summed E-state index contributed by atoms with van der Waals surface area (Å²) >= 11 is 3.32. The summed E-state index contributed by atoms with van der Waals surface area (Å²) in [5, 5.41) is 0.132. The lowest BCUT2D eigenvalue weighted by Crippen LogP contribution is -2.39. The number of nitrogens with zero attached hydrogens (tertiary/aromatic N) is 1. The van der Waals surface area contributed by atoms with Gasteiger partial charge in [0.05, 0.1) is 0 Å². The molecule has 68 valence electrons. The summed E-state index contributed by atoms with van der Waals surface area (Å²) in [5.41, 5.74) is 0.182. The van der Waals surface area contributed by atoms with Crippen molar-refractivity contribution in [1.29, 1.82) is 0 Å². The first-order valence-corrected chi connectivity index (χ1v) is 4.72. The lowest BCUT2D eigenvalue weighted by Gasteiger charge is -2.31. The molecule has 0 spiro atoms. The van der Waals surface area contributed by atoms with E-state index in [1.807, 2.05) is 6.92 Å². The summed E-state index contributed by atoms with van der Waals surface area (Å²) in [6.45, 7) is 9.12. The molecule has 0 aliphatic heterocycles. The van der Waals surface area contributed by atoms with Gasteiger partial charge in [-0.25, -0.2) is 0 Å². The summed E-state index contributed by atoms with van der Waals surface area (Å²) in [6, 6.07) is 0. The average molecular weight is 224 g/mol. The van der Waals surface area contributed by atoms with Crippen molar-refractivity contribution < 1.29 is 4.74 Å². The van der Waals surface area contributed by atoms with E-state index in [-0.39, 0.29) is 10.6 Å². The minimum atomic E-state index is 0.132. The predicted molar refractivity (Wildman–Crippen MR) is 51.9 cm³/mol. The fourth-order valence-electron chi connectivity index (χ4n) is 0.408. The van der Waals surface area contributed by atoms with Crippen molar-refractivity contribution in [2.24, 2.45) is 0 Å². The third-order valence-electron chi connectivity index (χ3n) is 1.64. The molecule has 0 aromatic rings. The van der Waals surface area contributed by atoms with Gasteiger partial charge in [-0.3, -0.25) is 4.90 Å². The number of hydrogen-bond acceptors (Lipinski definition) is 2. The van der Waals surface area contributed by atoms with Crippen molar-refractivity contribution in [1.82, 2.24) is 4.90 Å². The van der Waals surface area contributed by atoms with E-state index in [0.29, 0.717) is 6.73 Å². The van der Waals surface area contributed by atoms with Gasteiger partial charge in [0, 0.05) is 5.54 Å². The Hall–Kier alpha value is 0.400. The number of rotatable bonds is 3. The monoisotopic (exact) mass is 223 g/mol. The van der Waals surface area contributed by atoms with E-state index in [4.69, 9.17) is 4.74 Å². The highest BCUT2D eigenvalue weighted by Crippen LogP contribution is 2.11. The summed E-state index contributed by atoms with van der Waals surface area (Å²) in [7, 11) is 2.05. The maximum Gasteiger partial charge on any atom is 0.111 e. The van der Waals surface area contributed by atoms with Crippen LogP contribution >= 0.6 is 15.9 Å². The molecule has 0 amide bonds. The van der Waals surface area contributed by atoms with Gasteiger partial charge in [-0.1, -0.05) is 15.9 Å². The van der Waals surface area contributed by atoms with Crippen LogP contribution in [0.2, 0.25) is 0 Å². The molecule has 0 rings (SSSR count). The van der Waals surface area contributed by atoms with Gasteiger partial charge in [-0.15, -0.1) is 0 Å². The fourth-order valence-corrected chi connectivity index (χ4v) is 0.526. The number of hydrogen-bond donors (Lipinski definition) is 0. The molecule has 3 heteroatoms. The van der Waals surface area contributed by atoms with Crippen LogP contribution in [0.4, 0.5) is 0 Å². The Morgan fingerprint density at radius 1 is 1.45 bits per heavy atom. The van der Waals surface area contributed by atoms with Gasteiger partial charge in [-0.2, -0.15) is 0 Å². The molecule has 0 N–H and O–H groups in total. The van der Waals surface area contributed by atoms with Crippen LogP contribution in [0.1, 0.15) is 27.7 Å². The van der Waals surface area contributed by atoms with Crippen molar-refractivity contribution in [3.63, 3.8) is 0 Å². The lowest BCUT2D eigenvalue weighted by molar-refractivity contribution is -0.00463. The van der Waals surface area contributed by atoms with Crippen LogP contribution in [0.5, 0.6) is 0 Å². The van der Waals surface area contributed by atoms with Gasteiger partial charge >= 0.3 is 0 Å². The summed E-state index contributed by atoms with van der Waals surface area (Å²) in [4.78, 5) is 2.16. The van der Waals surface area contributed by atoms with Crippen molar-refractivity contribution in [3.8, 4) is 0 Å². The highest BCUT2D eigenvalue weighted by atomic mass is 79.9. The van der Waals surface area contributed by atoms with Gasteiger partial charge in [0.1, 0.15) is 11.7 Å². The van der Waals surface area contributed by atoms with E-state index in [1.165, 1.54) is 0 Å². The zero-order chi connectivity index (χ0) is 9.07. The second-order valence-corrected chi connectivity index (χ2v) is 5.00. The molecular weight excluding hydrogens is 206 g/mol. The first-order chi connectivity index (χ1) is 4.84. The van der Waals surface area contributed by atoms with Crippen LogP contribution in [0.3, 0.4) is 0 Å². The summed E-state index contributed by atoms with van der Waals surface area (Å²) < 4.78 is 5.37. The third-order valence-corrected chi connectivity index (χ3v) is 1.91. The minimum Gasteiger partial charge on any atom is -0.352 e. The molecule has 0 bridgehead atoms. The number of halogens is 1. The van der Waals surface area contributed by atoms with Crippen LogP contribution in [0.25, 0.3) is 0 Å². The fraction of sp³-hybridized carbons (Fsp3) is 1.00. The van der Waals surface area contributed by atoms with E-state index in [9.17, 15) is 0 Å². The molecule has 0 radical (unpaired) electrons. The molecule has 2 nitrogen and oxygen atoms in total. The molecule has 0 heterocycles. The smallest absolute Gasteiger partial charge is 0.111 e. The second kappa shape index (κ2) is 4.43. The molecule has 0 aliphatic rings. The van der Waals surface area contributed by atoms with Crippen molar-refractivity contribution in [2.45, 2.75) is 38.2 Å². The zero-order valence-electron chi connectivity index (χ0n) is 8.02. The largest absolute Gasteiger partial charge is 0.352 e. The van der Waals surface area contributed by atoms with Crippen molar-refractivity contribution in [2.75, 3.05) is 13.8 Å². The van der Waals surface area contributed by atoms with Crippen molar-refractivity contribution in [3.05, 3.63) is 0 Å². The molecule has 0 fully saturated rings. The molecule has 0 saturated heterocycles. The summed E-state index contributed by atoms with van der Waals surface area (Å²) in [5.74, 6) is 0. The lowest BCUT2D eigenvalue weighted by atomic mass is 10.1. The Morgan fingerprint density at radius 2 is 1.91 bits per heavy atom. The Balaban J connectivity index is 3.61. The second-order valence-electron chi connectivity index (χ2n) is 3.71. The SMILES string of the molecule is CC(Br)OCN(C)C(C)(C)C. The normalized spacial score (nSPS) is 15.5. The molecule has 0 saturated carbocycles. The zero-order valence-corrected chi connectivity index (χ0v) is 9.60. The van der Waals surface area contributed by atoms with Crippen LogP contribution < -0.4 is 0 Å². The molecule has 1 atom stereocenters. The standard InChI is InChI=1S/C8H18BrNO/c1-7(9)11-6-10(5)8(2,3)4/h7H,6H2,1-5H3. The molecule has 1 unspecified atom stereocenters. The average Bonchev–Trinajstić information content (AvgIpc) is 1.80. The molecule has 0 aliphatic carbocycles. The first kappa shape index (κ1) is 11.4. The van der Waals surface area contributed by atoms with Crippen LogP contribution in [-0.2, 0) is 4.74 Å². The maximum absolute atomic E-state index is 5.37. The van der Waals surface area contributed by atoms with Gasteiger partial charge < -0.3 is 4.74 Å². The highest BCUT2D eigenvalue weighted by Gasteiger charge is 2.16.